The molecule has 1 N–H and O–H groups in total. The molecule has 2 aromatic rings. The molecule has 0 aliphatic rings. The van der Waals surface area contributed by atoms with Crippen molar-refractivity contribution in [2.75, 3.05) is 0 Å². The maximum Gasteiger partial charge on any atom is 0.225 e. The van der Waals surface area contributed by atoms with Crippen molar-refractivity contribution >= 4 is 33.2 Å². The summed E-state index contributed by atoms with van der Waals surface area (Å²) in [5.41, 5.74) is 1.09. The van der Waals surface area contributed by atoms with Gasteiger partial charge in [0.05, 0.1) is 12.5 Å². The highest BCUT2D eigenvalue weighted by molar-refractivity contribution is 9.10. The van der Waals surface area contributed by atoms with E-state index < -0.39 is 0 Å². The molecule has 4 heteroatoms. The molecule has 0 saturated carbocycles. The molecule has 1 atom stereocenters. The Bertz CT molecular complexity index is 524. The van der Waals surface area contributed by atoms with Crippen LogP contribution in [0.15, 0.2) is 46.3 Å². The van der Waals surface area contributed by atoms with E-state index in [0.717, 1.165) is 14.9 Å². The van der Waals surface area contributed by atoms with Crippen LogP contribution in [0.25, 0.3) is 0 Å². The molecule has 0 bridgehead atoms. The number of hydrogen-bond acceptors (Lipinski definition) is 2. The number of nitrogens with one attached hydrogen (secondary N) is 1. The largest absolute Gasteiger partial charge is 0.349 e. The summed E-state index contributed by atoms with van der Waals surface area (Å²) >= 11 is 5.11. The second-order valence-corrected chi connectivity index (χ2v) is 5.95. The fourth-order valence-corrected chi connectivity index (χ4v) is 3.10. The quantitative estimate of drug-likeness (QED) is 0.907. The Morgan fingerprint density at radius 1 is 1.33 bits per heavy atom. The minimum absolute atomic E-state index is 0.00744. The van der Waals surface area contributed by atoms with Crippen LogP contribution in [0.5, 0.6) is 0 Å². The first kappa shape index (κ1) is 13.3. The number of carbonyl (C=O) groups is 1. The molecule has 0 spiro atoms. The molecule has 94 valence electrons. The van der Waals surface area contributed by atoms with Gasteiger partial charge in [-0.15, -0.1) is 11.3 Å². The maximum atomic E-state index is 11.9. The monoisotopic (exact) mass is 323 g/mol. The van der Waals surface area contributed by atoms with E-state index in [1.807, 2.05) is 48.7 Å². The molecule has 0 aliphatic carbocycles. The minimum Gasteiger partial charge on any atom is -0.349 e. The van der Waals surface area contributed by atoms with Gasteiger partial charge in [0.1, 0.15) is 0 Å². The van der Waals surface area contributed by atoms with Crippen molar-refractivity contribution in [3.8, 4) is 0 Å². The Hall–Kier alpha value is -1.13. The van der Waals surface area contributed by atoms with Crippen molar-refractivity contribution in [1.29, 1.82) is 0 Å². The van der Waals surface area contributed by atoms with Gasteiger partial charge in [0.15, 0.2) is 0 Å². The van der Waals surface area contributed by atoms with Crippen LogP contribution >= 0.6 is 27.3 Å². The van der Waals surface area contributed by atoms with Crippen LogP contribution in [0.4, 0.5) is 0 Å². The van der Waals surface area contributed by atoms with Crippen molar-refractivity contribution in [3.63, 3.8) is 0 Å². The summed E-state index contributed by atoms with van der Waals surface area (Å²) in [5.74, 6) is 0.0562. The summed E-state index contributed by atoms with van der Waals surface area (Å²) in [5, 5.41) is 5.00. The first-order valence-electron chi connectivity index (χ1n) is 5.73. The molecule has 0 fully saturated rings. The lowest BCUT2D eigenvalue weighted by Crippen LogP contribution is -2.28. The van der Waals surface area contributed by atoms with Crippen LogP contribution in [-0.4, -0.2) is 5.91 Å². The van der Waals surface area contributed by atoms with Crippen LogP contribution < -0.4 is 5.32 Å². The molecular weight excluding hydrogens is 310 g/mol. The number of amides is 1. The van der Waals surface area contributed by atoms with E-state index in [2.05, 4.69) is 21.2 Å². The van der Waals surface area contributed by atoms with Gasteiger partial charge in [0, 0.05) is 9.35 Å². The molecule has 1 amide bonds. The predicted molar refractivity (Wildman–Crippen MR) is 78.7 cm³/mol. The van der Waals surface area contributed by atoms with Crippen molar-refractivity contribution in [2.24, 2.45) is 0 Å². The summed E-state index contributed by atoms with van der Waals surface area (Å²) in [6.07, 6.45) is 0.451. The average Bonchev–Trinajstić information content (AvgIpc) is 2.82. The topological polar surface area (TPSA) is 29.1 Å². The number of carbonyl (C=O) groups excluding carboxylic acids is 1. The fraction of sp³-hybridized carbons (Fsp3) is 0.214. The van der Waals surface area contributed by atoms with Gasteiger partial charge in [-0.25, -0.2) is 0 Å². The molecule has 2 nitrogen and oxygen atoms in total. The number of rotatable bonds is 4. The molecule has 0 saturated heterocycles. The van der Waals surface area contributed by atoms with E-state index in [1.165, 1.54) is 0 Å². The number of hydrogen-bond donors (Lipinski definition) is 1. The Kier molecular flexibility index (Phi) is 4.55. The number of benzene rings is 1. The summed E-state index contributed by atoms with van der Waals surface area (Å²) in [7, 11) is 0. The molecule has 2 rings (SSSR count). The van der Waals surface area contributed by atoms with Gasteiger partial charge in [-0.05, 0) is 30.0 Å². The Balaban J connectivity index is 1.97. The van der Waals surface area contributed by atoms with Crippen molar-refractivity contribution in [3.05, 3.63) is 56.7 Å². The lowest BCUT2D eigenvalue weighted by Gasteiger charge is -2.15. The minimum atomic E-state index is 0.00744. The van der Waals surface area contributed by atoms with E-state index in [0.29, 0.717) is 6.42 Å². The van der Waals surface area contributed by atoms with Gasteiger partial charge in [0.2, 0.25) is 5.91 Å². The zero-order valence-electron chi connectivity index (χ0n) is 10.0. The van der Waals surface area contributed by atoms with E-state index in [9.17, 15) is 4.79 Å². The molecule has 1 heterocycles. The van der Waals surface area contributed by atoms with Crippen molar-refractivity contribution in [1.82, 2.24) is 5.32 Å². The van der Waals surface area contributed by atoms with E-state index in [4.69, 9.17) is 0 Å². The van der Waals surface area contributed by atoms with Gasteiger partial charge in [-0.2, -0.15) is 0 Å². The van der Waals surface area contributed by atoms with Crippen LogP contribution in [-0.2, 0) is 11.2 Å². The third-order valence-corrected chi connectivity index (χ3v) is 4.26. The van der Waals surface area contributed by atoms with E-state index in [-0.39, 0.29) is 11.9 Å². The molecule has 1 aromatic heterocycles. The molecule has 18 heavy (non-hydrogen) atoms. The summed E-state index contributed by atoms with van der Waals surface area (Å²) in [6, 6.07) is 11.9. The third-order valence-electron chi connectivity index (χ3n) is 2.66. The normalized spacial score (nSPS) is 12.1. The molecule has 0 radical (unpaired) electrons. The second-order valence-electron chi connectivity index (χ2n) is 4.07. The zero-order valence-corrected chi connectivity index (χ0v) is 12.4. The summed E-state index contributed by atoms with van der Waals surface area (Å²) in [6.45, 7) is 1.99. The highest BCUT2D eigenvalue weighted by Crippen LogP contribution is 2.22. The average molecular weight is 324 g/mol. The fourth-order valence-electron chi connectivity index (χ4n) is 1.77. The number of halogens is 1. The van der Waals surface area contributed by atoms with E-state index in [1.54, 1.807) is 11.3 Å². The van der Waals surface area contributed by atoms with Gasteiger partial charge in [-0.3, -0.25) is 4.79 Å². The highest BCUT2D eigenvalue weighted by Gasteiger charge is 2.12. The predicted octanol–water partition coefficient (Wildman–Crippen LogP) is 3.93. The number of thiophene rings is 1. The van der Waals surface area contributed by atoms with Gasteiger partial charge in [-0.1, -0.05) is 40.2 Å². The SMILES string of the molecule is C[C@H](NC(=O)Cc1cccs1)c1ccccc1Br. The smallest absolute Gasteiger partial charge is 0.225 e. The zero-order chi connectivity index (χ0) is 13.0. The Morgan fingerprint density at radius 3 is 2.78 bits per heavy atom. The first-order chi connectivity index (χ1) is 8.66. The van der Waals surface area contributed by atoms with Gasteiger partial charge in [0.25, 0.3) is 0 Å². The van der Waals surface area contributed by atoms with Crippen LogP contribution in [0.3, 0.4) is 0 Å². The standard InChI is InChI=1S/C14H14BrNOS/c1-10(12-6-2-3-7-13(12)15)16-14(17)9-11-5-4-8-18-11/h2-8,10H,9H2,1H3,(H,16,17)/t10-/m0/s1. The van der Waals surface area contributed by atoms with Crippen LogP contribution in [0, 0.1) is 0 Å². The Morgan fingerprint density at radius 2 is 2.11 bits per heavy atom. The van der Waals surface area contributed by atoms with Gasteiger partial charge < -0.3 is 5.32 Å². The highest BCUT2D eigenvalue weighted by atomic mass is 79.9. The van der Waals surface area contributed by atoms with Gasteiger partial charge >= 0.3 is 0 Å². The second kappa shape index (κ2) is 6.16. The lowest BCUT2D eigenvalue weighted by molar-refractivity contribution is -0.121. The molecule has 0 aliphatic heterocycles. The van der Waals surface area contributed by atoms with Crippen LogP contribution in [0.2, 0.25) is 0 Å². The Labute approximate surface area is 119 Å². The van der Waals surface area contributed by atoms with Crippen molar-refractivity contribution in [2.45, 2.75) is 19.4 Å². The first-order valence-corrected chi connectivity index (χ1v) is 7.40. The van der Waals surface area contributed by atoms with E-state index >= 15 is 0 Å². The molecular formula is C14H14BrNOS. The van der Waals surface area contributed by atoms with Crippen LogP contribution in [0.1, 0.15) is 23.4 Å². The summed E-state index contributed by atoms with van der Waals surface area (Å²) < 4.78 is 1.02. The summed E-state index contributed by atoms with van der Waals surface area (Å²) in [4.78, 5) is 13.0. The molecule has 0 unspecified atom stereocenters. The maximum absolute atomic E-state index is 11.9. The third kappa shape index (κ3) is 3.43. The molecule has 1 aromatic carbocycles. The van der Waals surface area contributed by atoms with Crippen molar-refractivity contribution < 1.29 is 4.79 Å². The lowest BCUT2D eigenvalue weighted by atomic mass is 10.1.